The Labute approximate surface area is 175 Å². The first kappa shape index (κ1) is 19.5. The molecule has 28 heavy (non-hydrogen) atoms. The molecule has 1 aromatic heterocycles. The maximum Gasteiger partial charge on any atom is 0.193 e. The van der Waals surface area contributed by atoms with E-state index in [1.54, 1.807) is 0 Å². The molecule has 1 saturated carbocycles. The van der Waals surface area contributed by atoms with Gasteiger partial charge in [-0.25, -0.2) is 0 Å². The van der Waals surface area contributed by atoms with Crippen LogP contribution < -0.4 is 5.32 Å². The lowest BCUT2D eigenvalue weighted by atomic mass is 9.96. The summed E-state index contributed by atoms with van der Waals surface area (Å²) in [5, 5.41) is 7.75. The number of aliphatic imine (C=N–C) groups is 1. The molecule has 7 heteroatoms. The molecular weight excluding hydrogens is 418 g/mol. The lowest BCUT2D eigenvalue weighted by molar-refractivity contribution is 0.169. The first-order valence-electron chi connectivity index (χ1n) is 9.94. The first-order valence-corrected chi connectivity index (χ1v) is 10.7. The summed E-state index contributed by atoms with van der Waals surface area (Å²) in [6.07, 6.45) is 2.47. The molecule has 2 heterocycles. The lowest BCUT2D eigenvalue weighted by Crippen LogP contribution is -2.53. The summed E-state index contributed by atoms with van der Waals surface area (Å²) in [6, 6.07) is 10.7. The molecule has 1 aliphatic heterocycles. The molecule has 6 nitrogen and oxygen atoms in total. The van der Waals surface area contributed by atoms with Crippen LogP contribution in [0, 0.1) is 6.92 Å². The highest BCUT2D eigenvalue weighted by Gasteiger charge is 2.44. The molecule has 0 unspecified atom stereocenters. The largest absolute Gasteiger partial charge is 0.361 e. The lowest BCUT2D eigenvalue weighted by Gasteiger charge is -2.36. The van der Waals surface area contributed by atoms with E-state index >= 15 is 0 Å². The van der Waals surface area contributed by atoms with E-state index in [0.717, 1.165) is 61.2 Å². The Hall–Kier alpha value is -1.86. The minimum absolute atomic E-state index is 0.256. The molecule has 0 atom stereocenters. The van der Waals surface area contributed by atoms with Crippen molar-refractivity contribution in [2.75, 3.05) is 39.8 Å². The van der Waals surface area contributed by atoms with Crippen LogP contribution in [0.2, 0.25) is 0 Å². The van der Waals surface area contributed by atoms with Crippen LogP contribution >= 0.6 is 15.9 Å². The zero-order valence-electron chi connectivity index (χ0n) is 16.6. The summed E-state index contributed by atoms with van der Waals surface area (Å²) in [4.78, 5) is 9.33. The third kappa shape index (κ3) is 4.41. The molecule has 0 spiro atoms. The molecule has 0 amide bonds. The zero-order valence-corrected chi connectivity index (χ0v) is 18.2. The van der Waals surface area contributed by atoms with Crippen LogP contribution in [0.4, 0.5) is 0 Å². The number of nitrogens with zero attached hydrogens (tertiary/aromatic N) is 4. The monoisotopic (exact) mass is 445 g/mol. The van der Waals surface area contributed by atoms with Gasteiger partial charge in [-0.3, -0.25) is 9.89 Å². The smallest absolute Gasteiger partial charge is 0.193 e. The van der Waals surface area contributed by atoms with Crippen molar-refractivity contribution < 1.29 is 4.52 Å². The molecule has 1 aromatic carbocycles. The number of halogens is 1. The molecule has 1 aliphatic carbocycles. The third-order valence-electron chi connectivity index (χ3n) is 5.82. The average molecular weight is 446 g/mol. The second-order valence-electron chi connectivity index (χ2n) is 7.88. The maximum absolute atomic E-state index is 5.18. The molecule has 1 N–H and O–H groups in total. The van der Waals surface area contributed by atoms with Crippen molar-refractivity contribution in [2.24, 2.45) is 4.99 Å². The van der Waals surface area contributed by atoms with Crippen LogP contribution in [0.3, 0.4) is 0 Å². The summed E-state index contributed by atoms with van der Waals surface area (Å²) >= 11 is 3.60. The van der Waals surface area contributed by atoms with Crippen molar-refractivity contribution in [1.82, 2.24) is 20.3 Å². The second-order valence-corrected chi connectivity index (χ2v) is 8.80. The number of aromatic nitrogens is 1. The predicted molar refractivity (Wildman–Crippen MR) is 115 cm³/mol. The van der Waals surface area contributed by atoms with Crippen LogP contribution in [-0.2, 0) is 12.0 Å². The van der Waals surface area contributed by atoms with Crippen molar-refractivity contribution in [3.8, 4) is 0 Å². The van der Waals surface area contributed by atoms with Gasteiger partial charge in [-0.1, -0.05) is 33.2 Å². The average Bonchev–Trinajstić information content (AvgIpc) is 3.39. The van der Waals surface area contributed by atoms with E-state index in [4.69, 9.17) is 4.52 Å². The Morgan fingerprint density at radius 2 is 2.04 bits per heavy atom. The van der Waals surface area contributed by atoms with E-state index in [1.165, 1.54) is 18.4 Å². The molecule has 2 aliphatic rings. The summed E-state index contributed by atoms with van der Waals surface area (Å²) in [5.74, 6) is 1.89. The summed E-state index contributed by atoms with van der Waals surface area (Å²) in [5.41, 5.74) is 2.68. The van der Waals surface area contributed by atoms with Gasteiger partial charge in [-0.2, -0.15) is 0 Å². The van der Waals surface area contributed by atoms with Crippen LogP contribution in [0.25, 0.3) is 0 Å². The highest BCUT2D eigenvalue weighted by Crippen LogP contribution is 2.48. The van der Waals surface area contributed by atoms with E-state index in [1.807, 2.05) is 20.0 Å². The van der Waals surface area contributed by atoms with Crippen molar-refractivity contribution in [1.29, 1.82) is 0 Å². The van der Waals surface area contributed by atoms with Crippen LogP contribution in [0.5, 0.6) is 0 Å². The van der Waals surface area contributed by atoms with Gasteiger partial charge in [0.2, 0.25) is 0 Å². The fraction of sp³-hybridized carbons (Fsp3) is 0.524. The van der Waals surface area contributed by atoms with E-state index in [0.29, 0.717) is 0 Å². The summed E-state index contributed by atoms with van der Waals surface area (Å²) in [6.45, 7) is 7.68. The molecule has 150 valence electrons. The molecule has 0 radical (unpaired) electrons. The Morgan fingerprint density at radius 3 is 2.64 bits per heavy atom. The summed E-state index contributed by atoms with van der Waals surface area (Å²) in [7, 11) is 1.88. The molecular formula is C21H28BrN5O. The zero-order chi connectivity index (χ0) is 19.6. The number of nitrogens with one attached hydrogen (secondary N) is 1. The van der Waals surface area contributed by atoms with Crippen molar-refractivity contribution in [3.63, 3.8) is 0 Å². The fourth-order valence-corrected chi connectivity index (χ4v) is 4.36. The van der Waals surface area contributed by atoms with Gasteiger partial charge in [-0.15, -0.1) is 0 Å². The predicted octanol–water partition coefficient (Wildman–Crippen LogP) is 3.17. The standard InChI is InChI=1S/C21H28BrN5O/c1-16-12-19(25-28-16)14-26-8-10-27(11-9-26)20(23-2)24-15-21(6-7-21)17-4-3-5-18(22)13-17/h3-5,12-13H,6-11,14-15H2,1-2H3,(H,23,24). The van der Waals surface area contributed by atoms with E-state index in [2.05, 4.69) is 65.5 Å². The van der Waals surface area contributed by atoms with E-state index in [9.17, 15) is 0 Å². The van der Waals surface area contributed by atoms with Crippen LogP contribution in [-0.4, -0.2) is 60.7 Å². The Bertz CT molecular complexity index is 837. The highest BCUT2D eigenvalue weighted by molar-refractivity contribution is 9.10. The van der Waals surface area contributed by atoms with Gasteiger partial charge in [0, 0.05) is 62.3 Å². The topological polar surface area (TPSA) is 56.9 Å². The van der Waals surface area contributed by atoms with Gasteiger partial charge < -0.3 is 14.7 Å². The molecule has 2 fully saturated rings. The first-order chi connectivity index (χ1) is 13.6. The van der Waals surface area contributed by atoms with Gasteiger partial charge >= 0.3 is 0 Å². The maximum atomic E-state index is 5.18. The van der Waals surface area contributed by atoms with Gasteiger partial charge in [0.25, 0.3) is 0 Å². The number of hydrogen-bond acceptors (Lipinski definition) is 4. The fourth-order valence-electron chi connectivity index (χ4n) is 3.96. The Kier molecular flexibility index (Phi) is 5.73. The number of hydrogen-bond donors (Lipinski definition) is 1. The number of aryl methyl sites for hydroxylation is 1. The Balaban J connectivity index is 1.29. The summed E-state index contributed by atoms with van der Waals surface area (Å²) < 4.78 is 6.33. The second kappa shape index (κ2) is 8.25. The van der Waals surface area contributed by atoms with Gasteiger partial charge in [-0.05, 0) is 37.5 Å². The number of benzene rings is 1. The minimum Gasteiger partial charge on any atom is -0.361 e. The van der Waals surface area contributed by atoms with Crippen molar-refractivity contribution in [2.45, 2.75) is 31.7 Å². The van der Waals surface area contributed by atoms with Crippen molar-refractivity contribution >= 4 is 21.9 Å². The van der Waals surface area contributed by atoms with E-state index in [-0.39, 0.29) is 5.41 Å². The van der Waals surface area contributed by atoms with E-state index < -0.39 is 0 Å². The van der Waals surface area contributed by atoms with Gasteiger partial charge in [0.05, 0.1) is 5.69 Å². The van der Waals surface area contributed by atoms with Gasteiger partial charge in [0.1, 0.15) is 5.76 Å². The van der Waals surface area contributed by atoms with Crippen LogP contribution in [0.1, 0.15) is 29.9 Å². The number of guanidine groups is 1. The quantitative estimate of drug-likeness (QED) is 0.565. The molecule has 1 saturated heterocycles. The third-order valence-corrected chi connectivity index (χ3v) is 6.31. The normalized spacial score (nSPS) is 19.7. The SMILES string of the molecule is CN=C(NCC1(c2cccc(Br)c2)CC1)N1CCN(Cc2cc(C)on2)CC1. The Morgan fingerprint density at radius 1 is 1.25 bits per heavy atom. The van der Waals surface area contributed by atoms with Crippen molar-refractivity contribution in [3.05, 3.63) is 51.8 Å². The van der Waals surface area contributed by atoms with Gasteiger partial charge in [0.15, 0.2) is 5.96 Å². The molecule has 2 aromatic rings. The molecule has 0 bridgehead atoms. The molecule has 4 rings (SSSR count). The van der Waals surface area contributed by atoms with Crippen LogP contribution in [0.15, 0.2) is 44.3 Å². The number of rotatable bonds is 5. The minimum atomic E-state index is 0.256. The number of piperazine rings is 1. The highest BCUT2D eigenvalue weighted by atomic mass is 79.9.